The zero-order valence-corrected chi connectivity index (χ0v) is 15.1. The molecule has 138 valence electrons. The van der Waals surface area contributed by atoms with E-state index in [1.165, 1.54) is 20.3 Å². The van der Waals surface area contributed by atoms with Crippen molar-refractivity contribution in [3.63, 3.8) is 0 Å². The number of amides is 1. The van der Waals surface area contributed by atoms with Crippen LogP contribution in [0.3, 0.4) is 0 Å². The van der Waals surface area contributed by atoms with Gasteiger partial charge in [-0.3, -0.25) is 9.48 Å². The van der Waals surface area contributed by atoms with Crippen LogP contribution in [0.25, 0.3) is 0 Å². The number of carbonyl (C=O) groups is 2. The average molecular weight is 358 g/mol. The summed E-state index contributed by atoms with van der Waals surface area (Å²) in [6.07, 6.45) is 6.55. The number of hydrogen-bond donors (Lipinski definition) is 0. The maximum Gasteiger partial charge on any atom is 0.356 e. The third-order valence-corrected chi connectivity index (χ3v) is 4.52. The number of rotatable bonds is 4. The molecular weight excluding hydrogens is 336 g/mol. The highest BCUT2D eigenvalue weighted by Crippen LogP contribution is 2.32. The fraction of sp³-hybridized carbons (Fsp3) is 0.444. The standard InChI is InChI=1S/C18H22N4O4/c1-21-11-12(10-19-21)16-6-4-5-7-22(16)17(23)14-8-13(25-2)9-15(20-14)18(24)26-3/h8-11,16H,4-7H2,1-3H3. The smallest absolute Gasteiger partial charge is 0.356 e. The van der Waals surface area contributed by atoms with Crippen molar-refractivity contribution in [2.45, 2.75) is 25.3 Å². The van der Waals surface area contributed by atoms with E-state index in [4.69, 9.17) is 9.47 Å². The van der Waals surface area contributed by atoms with Gasteiger partial charge in [-0.2, -0.15) is 5.10 Å². The Labute approximate surface area is 151 Å². The van der Waals surface area contributed by atoms with Crippen molar-refractivity contribution in [2.24, 2.45) is 7.05 Å². The summed E-state index contributed by atoms with van der Waals surface area (Å²) in [5.74, 6) is -0.457. The predicted octanol–water partition coefficient (Wildman–Crippen LogP) is 1.98. The Morgan fingerprint density at radius 3 is 2.62 bits per heavy atom. The zero-order valence-electron chi connectivity index (χ0n) is 15.1. The van der Waals surface area contributed by atoms with E-state index in [0.29, 0.717) is 12.3 Å². The van der Waals surface area contributed by atoms with Crippen molar-refractivity contribution in [3.8, 4) is 5.75 Å². The SMILES string of the molecule is COC(=O)c1cc(OC)cc(C(=O)N2CCCCC2c2cnn(C)c2)n1. The minimum atomic E-state index is -0.611. The summed E-state index contributed by atoms with van der Waals surface area (Å²) in [6.45, 7) is 0.630. The second-order valence-corrected chi connectivity index (χ2v) is 6.23. The van der Waals surface area contributed by atoms with Crippen LogP contribution in [-0.4, -0.2) is 52.3 Å². The van der Waals surface area contributed by atoms with Crippen LogP contribution >= 0.6 is 0 Å². The Morgan fingerprint density at radius 2 is 1.96 bits per heavy atom. The molecule has 0 aliphatic carbocycles. The van der Waals surface area contributed by atoms with E-state index in [1.807, 2.05) is 13.2 Å². The molecule has 3 rings (SSSR count). The fourth-order valence-electron chi connectivity index (χ4n) is 3.22. The second-order valence-electron chi connectivity index (χ2n) is 6.23. The average Bonchev–Trinajstić information content (AvgIpc) is 3.12. The summed E-state index contributed by atoms with van der Waals surface area (Å²) in [6, 6.07) is 2.95. The van der Waals surface area contributed by atoms with Gasteiger partial charge in [0.25, 0.3) is 5.91 Å². The number of ether oxygens (including phenoxy) is 2. The van der Waals surface area contributed by atoms with Crippen LogP contribution in [-0.2, 0) is 11.8 Å². The van der Waals surface area contributed by atoms with Crippen molar-refractivity contribution >= 4 is 11.9 Å². The van der Waals surface area contributed by atoms with Gasteiger partial charge in [0.2, 0.25) is 0 Å². The number of methoxy groups -OCH3 is 2. The van der Waals surface area contributed by atoms with Crippen LogP contribution in [0.2, 0.25) is 0 Å². The van der Waals surface area contributed by atoms with Gasteiger partial charge in [0.15, 0.2) is 5.69 Å². The second kappa shape index (κ2) is 7.55. The molecule has 0 spiro atoms. The minimum Gasteiger partial charge on any atom is -0.497 e. The third-order valence-electron chi connectivity index (χ3n) is 4.52. The van der Waals surface area contributed by atoms with Gasteiger partial charge in [0.05, 0.1) is 26.5 Å². The highest BCUT2D eigenvalue weighted by atomic mass is 16.5. The first-order valence-electron chi connectivity index (χ1n) is 8.47. The van der Waals surface area contributed by atoms with Crippen molar-refractivity contribution in [3.05, 3.63) is 41.5 Å². The predicted molar refractivity (Wildman–Crippen MR) is 93.0 cm³/mol. The monoisotopic (exact) mass is 358 g/mol. The van der Waals surface area contributed by atoms with Gasteiger partial charge in [-0.25, -0.2) is 9.78 Å². The summed E-state index contributed by atoms with van der Waals surface area (Å²) >= 11 is 0. The van der Waals surface area contributed by atoms with E-state index in [2.05, 4.69) is 10.1 Å². The molecule has 0 saturated carbocycles. The molecule has 0 radical (unpaired) electrons. The summed E-state index contributed by atoms with van der Waals surface area (Å²) in [4.78, 5) is 31.0. The van der Waals surface area contributed by atoms with Crippen LogP contribution in [0.4, 0.5) is 0 Å². The van der Waals surface area contributed by atoms with Gasteiger partial charge >= 0.3 is 5.97 Å². The van der Waals surface area contributed by atoms with Gasteiger partial charge in [-0.15, -0.1) is 0 Å². The molecule has 1 aliphatic heterocycles. The Balaban J connectivity index is 1.94. The fourth-order valence-corrected chi connectivity index (χ4v) is 3.22. The molecule has 26 heavy (non-hydrogen) atoms. The molecule has 8 nitrogen and oxygen atoms in total. The number of likely N-dealkylation sites (tertiary alicyclic amines) is 1. The number of piperidine rings is 1. The molecule has 1 aliphatic rings. The lowest BCUT2D eigenvalue weighted by molar-refractivity contribution is 0.0588. The number of aromatic nitrogens is 3. The summed E-state index contributed by atoms with van der Waals surface area (Å²) in [7, 11) is 4.60. The van der Waals surface area contributed by atoms with Crippen molar-refractivity contribution in [1.29, 1.82) is 0 Å². The van der Waals surface area contributed by atoms with Gasteiger partial charge in [0.1, 0.15) is 11.4 Å². The molecule has 1 fully saturated rings. The highest BCUT2D eigenvalue weighted by molar-refractivity contribution is 5.95. The molecule has 0 aromatic carbocycles. The lowest BCUT2D eigenvalue weighted by Crippen LogP contribution is -2.39. The molecular formula is C18H22N4O4. The zero-order chi connectivity index (χ0) is 18.7. The van der Waals surface area contributed by atoms with Gasteiger partial charge in [-0.05, 0) is 19.3 Å². The van der Waals surface area contributed by atoms with E-state index in [9.17, 15) is 9.59 Å². The Hall–Kier alpha value is -2.90. The Morgan fingerprint density at radius 1 is 1.19 bits per heavy atom. The van der Waals surface area contributed by atoms with E-state index in [-0.39, 0.29) is 23.3 Å². The largest absolute Gasteiger partial charge is 0.497 e. The van der Waals surface area contributed by atoms with Gasteiger partial charge < -0.3 is 14.4 Å². The molecule has 0 bridgehead atoms. The van der Waals surface area contributed by atoms with Crippen molar-refractivity contribution in [1.82, 2.24) is 19.7 Å². The molecule has 1 saturated heterocycles. The highest BCUT2D eigenvalue weighted by Gasteiger charge is 2.31. The maximum atomic E-state index is 13.2. The van der Waals surface area contributed by atoms with Crippen molar-refractivity contribution < 1.29 is 19.1 Å². The lowest BCUT2D eigenvalue weighted by Gasteiger charge is -2.35. The van der Waals surface area contributed by atoms with Crippen LogP contribution in [0.15, 0.2) is 24.5 Å². The normalized spacial score (nSPS) is 17.0. The molecule has 3 heterocycles. The van der Waals surface area contributed by atoms with E-state index in [1.54, 1.807) is 21.8 Å². The summed E-state index contributed by atoms with van der Waals surface area (Å²) < 4.78 is 11.7. The van der Waals surface area contributed by atoms with Crippen LogP contribution in [0.5, 0.6) is 5.75 Å². The molecule has 1 amide bonds. The number of hydrogen-bond acceptors (Lipinski definition) is 6. The van der Waals surface area contributed by atoms with E-state index in [0.717, 1.165) is 24.8 Å². The van der Waals surface area contributed by atoms with Gasteiger partial charge in [-0.1, -0.05) is 0 Å². The maximum absolute atomic E-state index is 13.2. The molecule has 2 aromatic rings. The number of aryl methyl sites for hydroxylation is 1. The topological polar surface area (TPSA) is 86.5 Å². The third kappa shape index (κ3) is 3.54. The minimum absolute atomic E-state index is 0.0464. The van der Waals surface area contributed by atoms with Crippen LogP contribution < -0.4 is 4.74 Å². The summed E-state index contributed by atoms with van der Waals surface area (Å²) in [5, 5.41) is 4.22. The molecule has 1 atom stereocenters. The number of nitrogens with zero attached hydrogens (tertiary/aromatic N) is 4. The van der Waals surface area contributed by atoms with E-state index < -0.39 is 5.97 Å². The number of esters is 1. The Kier molecular flexibility index (Phi) is 5.20. The van der Waals surface area contributed by atoms with Crippen LogP contribution in [0.1, 0.15) is 51.8 Å². The van der Waals surface area contributed by atoms with E-state index >= 15 is 0 Å². The van der Waals surface area contributed by atoms with Crippen molar-refractivity contribution in [2.75, 3.05) is 20.8 Å². The number of carbonyl (C=O) groups excluding carboxylic acids is 2. The lowest BCUT2D eigenvalue weighted by atomic mass is 9.97. The van der Waals surface area contributed by atoms with Crippen LogP contribution in [0, 0.1) is 0 Å². The number of pyridine rings is 1. The molecule has 2 aromatic heterocycles. The first kappa shape index (κ1) is 17.9. The first-order chi connectivity index (χ1) is 12.5. The van der Waals surface area contributed by atoms with Gasteiger partial charge in [0, 0.05) is 37.5 Å². The first-order valence-corrected chi connectivity index (χ1v) is 8.47. The molecule has 0 N–H and O–H groups in total. The summed E-state index contributed by atoms with van der Waals surface area (Å²) in [5.41, 5.74) is 1.21. The quantitative estimate of drug-likeness (QED) is 0.777. The Bertz CT molecular complexity index is 817. The molecule has 8 heteroatoms. The molecule has 1 unspecified atom stereocenters.